The Kier molecular flexibility index (Phi) is 7.28. The minimum Gasteiger partial charge on any atom is -0.428 e. The standard InChI is InChI=1S/C10H11F4N5O.ClH/c11-8(12)10(13,14)20-7-3-1-6(2-4-7)5-17-19-9(15)18-16;/h1-5,8H,16H2,(H3,15,18,19);1H. The third-order valence-corrected chi connectivity index (χ3v) is 1.92. The first-order valence-corrected chi connectivity index (χ1v) is 5.12. The summed E-state index contributed by atoms with van der Waals surface area (Å²) in [6.07, 6.45) is -7.16. The lowest BCUT2D eigenvalue weighted by atomic mass is 10.2. The fourth-order valence-electron chi connectivity index (χ4n) is 1.03. The first kappa shape index (κ1) is 18.8. The quantitative estimate of drug-likeness (QED) is 0.250. The third kappa shape index (κ3) is 6.17. The van der Waals surface area contributed by atoms with Gasteiger partial charge in [-0.05, 0) is 29.8 Å². The fourth-order valence-corrected chi connectivity index (χ4v) is 1.03. The van der Waals surface area contributed by atoms with Crippen LogP contribution in [0.2, 0.25) is 0 Å². The maximum Gasteiger partial charge on any atom is 0.461 e. The maximum atomic E-state index is 12.6. The SMILES string of the molecule is Cl.NN=C(N)NN=Cc1ccc(OC(F)(F)C(F)F)cc1. The molecule has 1 aromatic carbocycles. The van der Waals surface area contributed by atoms with Gasteiger partial charge in [-0.1, -0.05) is 0 Å². The van der Waals surface area contributed by atoms with Gasteiger partial charge in [0.1, 0.15) is 5.75 Å². The summed E-state index contributed by atoms with van der Waals surface area (Å²) in [7, 11) is 0. The molecular formula is C10H12ClF4N5O. The second-order valence-corrected chi connectivity index (χ2v) is 3.42. The molecule has 0 radical (unpaired) electrons. The Morgan fingerprint density at radius 1 is 1.29 bits per heavy atom. The van der Waals surface area contributed by atoms with Crippen LogP contribution in [0, 0.1) is 0 Å². The number of rotatable bonds is 5. The molecule has 0 aliphatic heterocycles. The number of guanidine groups is 1. The second kappa shape index (κ2) is 8.15. The number of benzene rings is 1. The molecular weight excluding hydrogens is 318 g/mol. The van der Waals surface area contributed by atoms with Gasteiger partial charge in [-0.2, -0.15) is 22.7 Å². The lowest BCUT2D eigenvalue weighted by Gasteiger charge is -2.16. The van der Waals surface area contributed by atoms with Crippen molar-refractivity contribution in [3.63, 3.8) is 0 Å². The highest BCUT2D eigenvalue weighted by Gasteiger charge is 2.43. The number of alkyl halides is 4. The summed E-state index contributed by atoms with van der Waals surface area (Å²) in [5.41, 5.74) is 7.94. The number of ether oxygens (including phenoxy) is 1. The number of hydrogen-bond acceptors (Lipinski definition) is 4. The van der Waals surface area contributed by atoms with E-state index in [9.17, 15) is 17.6 Å². The Morgan fingerprint density at radius 2 is 1.86 bits per heavy atom. The van der Waals surface area contributed by atoms with Crippen LogP contribution in [0.5, 0.6) is 5.75 Å². The van der Waals surface area contributed by atoms with E-state index in [1.165, 1.54) is 18.3 Å². The summed E-state index contributed by atoms with van der Waals surface area (Å²) in [4.78, 5) is 0. The molecule has 0 bridgehead atoms. The van der Waals surface area contributed by atoms with Crippen molar-refractivity contribution < 1.29 is 22.3 Å². The molecule has 0 saturated heterocycles. The van der Waals surface area contributed by atoms with E-state index in [0.717, 1.165) is 12.1 Å². The van der Waals surface area contributed by atoms with Gasteiger partial charge in [0.15, 0.2) is 0 Å². The maximum absolute atomic E-state index is 12.6. The van der Waals surface area contributed by atoms with Gasteiger partial charge < -0.3 is 16.3 Å². The van der Waals surface area contributed by atoms with Crippen LogP contribution in [0.25, 0.3) is 0 Å². The second-order valence-electron chi connectivity index (χ2n) is 3.42. The average molecular weight is 330 g/mol. The van der Waals surface area contributed by atoms with Gasteiger partial charge in [0, 0.05) is 0 Å². The molecule has 0 spiro atoms. The molecule has 118 valence electrons. The highest BCUT2D eigenvalue weighted by Crippen LogP contribution is 2.27. The van der Waals surface area contributed by atoms with Gasteiger partial charge in [0.05, 0.1) is 6.21 Å². The lowest BCUT2D eigenvalue weighted by Crippen LogP contribution is -2.33. The summed E-state index contributed by atoms with van der Waals surface area (Å²) in [5, 5.41) is 6.71. The molecule has 11 heteroatoms. The van der Waals surface area contributed by atoms with Crippen molar-refractivity contribution in [1.82, 2.24) is 5.43 Å². The van der Waals surface area contributed by atoms with Crippen LogP contribution in [-0.2, 0) is 0 Å². The summed E-state index contributed by atoms with van der Waals surface area (Å²) in [5.74, 6) is 4.31. The summed E-state index contributed by atoms with van der Waals surface area (Å²) >= 11 is 0. The minimum atomic E-state index is -4.54. The Hall–Kier alpha value is -2.23. The van der Waals surface area contributed by atoms with E-state index in [2.05, 4.69) is 20.4 Å². The van der Waals surface area contributed by atoms with Crippen LogP contribution >= 0.6 is 12.4 Å². The molecule has 1 rings (SSSR count). The molecule has 0 heterocycles. The molecule has 0 aromatic heterocycles. The predicted molar refractivity (Wildman–Crippen MR) is 71.8 cm³/mol. The van der Waals surface area contributed by atoms with E-state index in [1.54, 1.807) is 0 Å². The number of nitrogens with two attached hydrogens (primary N) is 2. The first-order chi connectivity index (χ1) is 9.35. The van der Waals surface area contributed by atoms with Crippen molar-refractivity contribution in [3.05, 3.63) is 29.8 Å². The van der Waals surface area contributed by atoms with Crippen molar-refractivity contribution in [2.24, 2.45) is 21.8 Å². The molecule has 0 saturated carbocycles. The van der Waals surface area contributed by atoms with Gasteiger partial charge in [-0.15, -0.1) is 17.5 Å². The van der Waals surface area contributed by atoms with Crippen molar-refractivity contribution in [2.45, 2.75) is 12.5 Å². The Balaban J connectivity index is 0.00000400. The lowest BCUT2D eigenvalue weighted by molar-refractivity contribution is -0.253. The Bertz CT molecular complexity index is 495. The molecule has 0 aliphatic rings. The van der Waals surface area contributed by atoms with Gasteiger partial charge in [0.25, 0.3) is 0 Å². The van der Waals surface area contributed by atoms with Gasteiger partial charge in [-0.25, -0.2) is 5.43 Å². The van der Waals surface area contributed by atoms with E-state index in [4.69, 9.17) is 11.6 Å². The van der Waals surface area contributed by atoms with Gasteiger partial charge in [0.2, 0.25) is 5.96 Å². The Labute approximate surface area is 123 Å². The minimum absolute atomic E-state index is 0. The normalized spacial score (nSPS) is 12.3. The number of nitrogens with zero attached hydrogens (tertiary/aromatic N) is 2. The van der Waals surface area contributed by atoms with E-state index >= 15 is 0 Å². The Morgan fingerprint density at radius 3 is 2.33 bits per heavy atom. The molecule has 6 nitrogen and oxygen atoms in total. The summed E-state index contributed by atoms with van der Waals surface area (Å²) < 4.78 is 52.9. The highest BCUT2D eigenvalue weighted by atomic mass is 35.5. The van der Waals surface area contributed by atoms with Crippen LogP contribution in [0.1, 0.15) is 5.56 Å². The molecule has 1 aromatic rings. The smallest absolute Gasteiger partial charge is 0.428 e. The number of nitrogens with one attached hydrogen (secondary N) is 1. The topological polar surface area (TPSA) is 98.0 Å². The fraction of sp³-hybridized carbons (Fsp3) is 0.200. The predicted octanol–water partition coefficient (Wildman–Crippen LogP) is 1.46. The van der Waals surface area contributed by atoms with E-state index < -0.39 is 18.3 Å². The van der Waals surface area contributed by atoms with Crippen LogP contribution in [0.4, 0.5) is 17.6 Å². The highest BCUT2D eigenvalue weighted by molar-refractivity contribution is 5.85. The third-order valence-electron chi connectivity index (χ3n) is 1.92. The average Bonchev–Trinajstić information content (AvgIpc) is 2.40. The molecule has 21 heavy (non-hydrogen) atoms. The van der Waals surface area contributed by atoms with Gasteiger partial charge in [-0.3, -0.25) is 0 Å². The first-order valence-electron chi connectivity index (χ1n) is 5.12. The zero-order valence-corrected chi connectivity index (χ0v) is 11.2. The number of hydrazone groups is 2. The molecule has 5 N–H and O–H groups in total. The van der Waals surface area contributed by atoms with Gasteiger partial charge >= 0.3 is 12.5 Å². The van der Waals surface area contributed by atoms with Crippen LogP contribution < -0.4 is 21.7 Å². The summed E-state index contributed by atoms with van der Waals surface area (Å²) in [6, 6.07) is 4.85. The van der Waals surface area contributed by atoms with Crippen molar-refractivity contribution in [3.8, 4) is 5.75 Å². The zero-order valence-electron chi connectivity index (χ0n) is 10.3. The van der Waals surface area contributed by atoms with Crippen molar-refractivity contribution >= 4 is 24.6 Å². The van der Waals surface area contributed by atoms with Crippen LogP contribution in [-0.4, -0.2) is 24.7 Å². The molecule has 0 amide bonds. The molecule has 0 aliphatic carbocycles. The molecule has 0 fully saturated rings. The van der Waals surface area contributed by atoms with Crippen LogP contribution in [0.3, 0.4) is 0 Å². The molecule has 0 unspecified atom stereocenters. The number of hydrogen-bond donors (Lipinski definition) is 3. The molecule has 0 atom stereocenters. The monoisotopic (exact) mass is 329 g/mol. The largest absolute Gasteiger partial charge is 0.461 e. The number of halogens is 5. The van der Waals surface area contributed by atoms with E-state index in [1.807, 2.05) is 0 Å². The van der Waals surface area contributed by atoms with Crippen LogP contribution in [0.15, 0.2) is 34.5 Å². The van der Waals surface area contributed by atoms with E-state index in [-0.39, 0.29) is 18.4 Å². The summed E-state index contributed by atoms with van der Waals surface area (Å²) in [6.45, 7) is 0. The zero-order chi connectivity index (χ0) is 15.2. The van der Waals surface area contributed by atoms with Crippen molar-refractivity contribution in [2.75, 3.05) is 0 Å². The van der Waals surface area contributed by atoms with Crippen molar-refractivity contribution in [1.29, 1.82) is 0 Å². The van der Waals surface area contributed by atoms with E-state index in [0.29, 0.717) is 5.56 Å².